The highest BCUT2D eigenvalue weighted by atomic mass is 19.1. The van der Waals surface area contributed by atoms with Gasteiger partial charge in [-0.15, -0.1) is 0 Å². The Bertz CT molecular complexity index is 618. The van der Waals surface area contributed by atoms with Gasteiger partial charge >= 0.3 is 0 Å². The number of anilines is 1. The molecule has 0 amide bonds. The number of aryl methyl sites for hydroxylation is 3. The van der Waals surface area contributed by atoms with E-state index in [9.17, 15) is 4.39 Å². The molecule has 2 aromatic rings. The average molecular weight is 258 g/mol. The van der Waals surface area contributed by atoms with Crippen LogP contribution in [-0.2, 0) is 0 Å². The van der Waals surface area contributed by atoms with E-state index in [0.717, 1.165) is 16.8 Å². The Hall–Kier alpha value is -1.90. The van der Waals surface area contributed by atoms with Crippen molar-refractivity contribution in [2.24, 2.45) is 0 Å². The van der Waals surface area contributed by atoms with Crippen LogP contribution in [0.1, 0.15) is 16.8 Å². The molecule has 0 atom stereocenters. The maximum absolute atomic E-state index is 14.6. The van der Waals surface area contributed by atoms with Gasteiger partial charge in [0.05, 0.1) is 11.4 Å². The lowest BCUT2D eigenvalue weighted by Crippen LogP contribution is -2.13. The van der Waals surface area contributed by atoms with Gasteiger partial charge in [0.15, 0.2) is 5.82 Å². The van der Waals surface area contributed by atoms with Gasteiger partial charge in [0.1, 0.15) is 0 Å². The third-order valence-corrected chi connectivity index (χ3v) is 3.39. The number of rotatable bonds is 2. The Balaban J connectivity index is 2.63. The Morgan fingerprint density at radius 1 is 0.947 bits per heavy atom. The molecular weight excluding hydrogens is 239 g/mol. The molecule has 0 radical (unpaired) electrons. The molecule has 0 fully saturated rings. The SMILES string of the molecule is Cc1ccc(-c2ccc(C)c(N(C)C)c2F)nc1C. The lowest BCUT2D eigenvalue weighted by molar-refractivity contribution is 0.627. The standard InChI is InChI=1S/C16H19FN2/c1-10-7-9-14(18-12(10)3)13-8-6-11(2)16(15(13)17)19(4)5/h6-9H,1-5H3. The van der Waals surface area contributed by atoms with Crippen LogP contribution < -0.4 is 4.90 Å². The van der Waals surface area contributed by atoms with Crippen molar-refractivity contribution in [1.82, 2.24) is 4.98 Å². The molecule has 3 heteroatoms. The third-order valence-electron chi connectivity index (χ3n) is 3.39. The first-order chi connectivity index (χ1) is 8.91. The van der Waals surface area contributed by atoms with Crippen molar-refractivity contribution in [2.75, 3.05) is 19.0 Å². The summed E-state index contributed by atoms with van der Waals surface area (Å²) in [5.41, 5.74) is 4.83. The van der Waals surface area contributed by atoms with Crippen molar-refractivity contribution in [3.05, 3.63) is 46.9 Å². The molecule has 1 aromatic carbocycles. The van der Waals surface area contributed by atoms with Gasteiger partial charge in [-0.05, 0) is 44.0 Å². The van der Waals surface area contributed by atoms with Gasteiger partial charge in [-0.1, -0.05) is 12.1 Å². The Morgan fingerprint density at radius 2 is 1.58 bits per heavy atom. The van der Waals surface area contributed by atoms with E-state index in [0.29, 0.717) is 16.9 Å². The molecular formula is C16H19FN2. The van der Waals surface area contributed by atoms with Crippen LogP contribution in [0.2, 0.25) is 0 Å². The van der Waals surface area contributed by atoms with Crippen LogP contribution in [0.3, 0.4) is 0 Å². The number of halogens is 1. The van der Waals surface area contributed by atoms with E-state index >= 15 is 0 Å². The van der Waals surface area contributed by atoms with Crippen LogP contribution in [0.5, 0.6) is 0 Å². The molecule has 100 valence electrons. The fourth-order valence-corrected chi connectivity index (χ4v) is 2.19. The summed E-state index contributed by atoms with van der Waals surface area (Å²) in [7, 11) is 3.70. The topological polar surface area (TPSA) is 16.1 Å². The van der Waals surface area contributed by atoms with Crippen LogP contribution in [0.25, 0.3) is 11.3 Å². The van der Waals surface area contributed by atoms with Crippen LogP contribution >= 0.6 is 0 Å². The van der Waals surface area contributed by atoms with Crippen LogP contribution in [0.15, 0.2) is 24.3 Å². The zero-order valence-corrected chi connectivity index (χ0v) is 12.1. The summed E-state index contributed by atoms with van der Waals surface area (Å²) in [5.74, 6) is -0.208. The number of pyridine rings is 1. The summed E-state index contributed by atoms with van der Waals surface area (Å²) in [6, 6.07) is 7.58. The second-order valence-corrected chi connectivity index (χ2v) is 5.09. The minimum Gasteiger partial charge on any atom is -0.375 e. The molecule has 0 spiro atoms. The fourth-order valence-electron chi connectivity index (χ4n) is 2.19. The van der Waals surface area contributed by atoms with Gasteiger partial charge in [0, 0.05) is 25.4 Å². The molecule has 2 rings (SSSR count). The van der Waals surface area contributed by atoms with E-state index in [1.54, 1.807) is 11.0 Å². The minimum atomic E-state index is -0.208. The second kappa shape index (κ2) is 5.00. The first-order valence-electron chi connectivity index (χ1n) is 6.33. The van der Waals surface area contributed by atoms with Crippen molar-refractivity contribution >= 4 is 5.69 Å². The minimum absolute atomic E-state index is 0.208. The molecule has 0 aliphatic heterocycles. The number of nitrogens with zero attached hydrogens (tertiary/aromatic N) is 2. The summed E-state index contributed by atoms with van der Waals surface area (Å²) >= 11 is 0. The molecule has 0 aliphatic carbocycles. The van der Waals surface area contributed by atoms with E-state index in [1.807, 2.05) is 53.1 Å². The smallest absolute Gasteiger partial charge is 0.156 e. The molecule has 0 saturated carbocycles. The highest BCUT2D eigenvalue weighted by Gasteiger charge is 2.15. The van der Waals surface area contributed by atoms with Crippen LogP contribution in [0, 0.1) is 26.6 Å². The second-order valence-electron chi connectivity index (χ2n) is 5.09. The maximum Gasteiger partial charge on any atom is 0.156 e. The molecule has 2 nitrogen and oxygen atoms in total. The van der Waals surface area contributed by atoms with E-state index < -0.39 is 0 Å². The number of aromatic nitrogens is 1. The molecule has 0 aliphatic rings. The highest BCUT2D eigenvalue weighted by Crippen LogP contribution is 2.31. The predicted octanol–water partition coefficient (Wildman–Crippen LogP) is 3.88. The van der Waals surface area contributed by atoms with Crippen molar-refractivity contribution in [3.63, 3.8) is 0 Å². The number of hydrogen-bond donors (Lipinski definition) is 0. The molecule has 0 N–H and O–H groups in total. The van der Waals surface area contributed by atoms with Crippen molar-refractivity contribution < 1.29 is 4.39 Å². The van der Waals surface area contributed by atoms with E-state index in [-0.39, 0.29) is 5.82 Å². The van der Waals surface area contributed by atoms with Gasteiger partial charge in [0.2, 0.25) is 0 Å². The summed E-state index contributed by atoms with van der Waals surface area (Å²) in [6.07, 6.45) is 0. The van der Waals surface area contributed by atoms with Gasteiger partial charge in [0.25, 0.3) is 0 Å². The zero-order valence-electron chi connectivity index (χ0n) is 12.1. The Labute approximate surface area is 113 Å². The number of benzene rings is 1. The summed E-state index contributed by atoms with van der Waals surface area (Å²) in [4.78, 5) is 6.28. The molecule has 0 bridgehead atoms. The van der Waals surface area contributed by atoms with Gasteiger partial charge < -0.3 is 4.90 Å². The summed E-state index contributed by atoms with van der Waals surface area (Å²) in [6.45, 7) is 5.86. The van der Waals surface area contributed by atoms with Gasteiger partial charge in [-0.2, -0.15) is 0 Å². The number of hydrogen-bond acceptors (Lipinski definition) is 2. The van der Waals surface area contributed by atoms with E-state index in [2.05, 4.69) is 4.98 Å². The average Bonchev–Trinajstić information content (AvgIpc) is 2.33. The van der Waals surface area contributed by atoms with E-state index in [1.165, 1.54) is 0 Å². The van der Waals surface area contributed by atoms with Gasteiger partial charge in [-0.25, -0.2) is 4.39 Å². The van der Waals surface area contributed by atoms with Crippen LogP contribution in [0.4, 0.5) is 10.1 Å². The molecule has 1 heterocycles. The largest absolute Gasteiger partial charge is 0.375 e. The lowest BCUT2D eigenvalue weighted by Gasteiger charge is -2.18. The van der Waals surface area contributed by atoms with Crippen molar-refractivity contribution in [1.29, 1.82) is 0 Å². The van der Waals surface area contributed by atoms with Crippen molar-refractivity contribution in [2.45, 2.75) is 20.8 Å². The monoisotopic (exact) mass is 258 g/mol. The normalized spacial score (nSPS) is 10.6. The fraction of sp³-hybridized carbons (Fsp3) is 0.312. The Kier molecular flexibility index (Phi) is 3.56. The van der Waals surface area contributed by atoms with Gasteiger partial charge in [-0.3, -0.25) is 4.98 Å². The Morgan fingerprint density at radius 3 is 2.16 bits per heavy atom. The van der Waals surface area contributed by atoms with Crippen LogP contribution in [-0.4, -0.2) is 19.1 Å². The van der Waals surface area contributed by atoms with Crippen molar-refractivity contribution in [3.8, 4) is 11.3 Å². The predicted molar refractivity (Wildman–Crippen MR) is 78.2 cm³/mol. The highest BCUT2D eigenvalue weighted by molar-refractivity contribution is 5.69. The van der Waals surface area contributed by atoms with E-state index in [4.69, 9.17) is 0 Å². The zero-order chi connectivity index (χ0) is 14.2. The molecule has 0 saturated heterocycles. The summed E-state index contributed by atoms with van der Waals surface area (Å²) < 4.78 is 14.6. The lowest BCUT2D eigenvalue weighted by atomic mass is 10.0. The summed E-state index contributed by atoms with van der Waals surface area (Å²) in [5, 5.41) is 0. The quantitative estimate of drug-likeness (QED) is 0.812. The first kappa shape index (κ1) is 13.5. The maximum atomic E-state index is 14.6. The first-order valence-corrected chi connectivity index (χ1v) is 6.33. The molecule has 19 heavy (non-hydrogen) atoms. The molecule has 0 unspecified atom stereocenters. The third kappa shape index (κ3) is 2.46. The molecule has 1 aromatic heterocycles.